The van der Waals surface area contributed by atoms with Crippen LogP contribution in [0, 0.1) is 6.92 Å². The fraction of sp³-hybridized carbons (Fsp3) is 0.375. The number of benzene rings is 1. The molecular weight excluding hydrogens is 284 g/mol. The summed E-state index contributed by atoms with van der Waals surface area (Å²) in [4.78, 5) is 18.3. The number of carbonyl (C=O) groups excluding carboxylic acids is 1. The maximum absolute atomic E-state index is 12.2. The van der Waals surface area contributed by atoms with Crippen LogP contribution in [0.5, 0.6) is 5.75 Å². The summed E-state index contributed by atoms with van der Waals surface area (Å²) >= 11 is 1.61. The smallest absolute Gasteiger partial charge is 0.222 e. The lowest BCUT2D eigenvalue weighted by molar-refractivity contribution is -0.130. The Bertz CT molecular complexity index is 610. The summed E-state index contributed by atoms with van der Waals surface area (Å²) in [6.07, 6.45) is 1.21. The maximum atomic E-state index is 12.2. The number of nitrogens with zero attached hydrogens (tertiary/aromatic N) is 2. The van der Waals surface area contributed by atoms with Crippen LogP contribution in [0.25, 0.3) is 0 Å². The SMILES string of the molecule is COc1cccc(CCC(=O)N(C)Cc2csc(C)n2)c1. The van der Waals surface area contributed by atoms with Crippen LogP contribution in [0.3, 0.4) is 0 Å². The number of methoxy groups -OCH3 is 1. The molecule has 0 aliphatic heterocycles. The van der Waals surface area contributed by atoms with Crippen LogP contribution in [0.2, 0.25) is 0 Å². The van der Waals surface area contributed by atoms with Gasteiger partial charge in [-0.15, -0.1) is 11.3 Å². The van der Waals surface area contributed by atoms with Crippen molar-refractivity contribution < 1.29 is 9.53 Å². The van der Waals surface area contributed by atoms with Gasteiger partial charge in [0.2, 0.25) is 5.91 Å². The highest BCUT2D eigenvalue weighted by atomic mass is 32.1. The van der Waals surface area contributed by atoms with E-state index in [0.717, 1.165) is 28.4 Å². The van der Waals surface area contributed by atoms with Gasteiger partial charge in [0.1, 0.15) is 5.75 Å². The van der Waals surface area contributed by atoms with Crippen molar-refractivity contribution in [1.82, 2.24) is 9.88 Å². The summed E-state index contributed by atoms with van der Waals surface area (Å²) in [7, 11) is 3.47. The molecule has 1 amide bonds. The maximum Gasteiger partial charge on any atom is 0.222 e. The Morgan fingerprint density at radius 3 is 2.90 bits per heavy atom. The Labute approximate surface area is 129 Å². The molecule has 112 valence electrons. The minimum atomic E-state index is 0.128. The van der Waals surface area contributed by atoms with Crippen LogP contribution in [0.4, 0.5) is 0 Å². The number of carbonyl (C=O) groups is 1. The van der Waals surface area contributed by atoms with E-state index in [1.165, 1.54) is 0 Å². The van der Waals surface area contributed by atoms with E-state index in [2.05, 4.69) is 4.98 Å². The van der Waals surface area contributed by atoms with Crippen molar-refractivity contribution in [3.63, 3.8) is 0 Å². The van der Waals surface area contributed by atoms with Gasteiger partial charge in [0.25, 0.3) is 0 Å². The fourth-order valence-corrected chi connectivity index (χ4v) is 2.69. The lowest BCUT2D eigenvalue weighted by Crippen LogP contribution is -2.26. The summed E-state index contributed by atoms with van der Waals surface area (Å²) in [5.74, 6) is 0.953. The first-order valence-electron chi connectivity index (χ1n) is 6.86. The van der Waals surface area contributed by atoms with Crippen LogP contribution in [-0.4, -0.2) is 29.9 Å². The molecule has 0 saturated heterocycles. The third kappa shape index (κ3) is 4.56. The van der Waals surface area contributed by atoms with Gasteiger partial charge in [0.15, 0.2) is 0 Å². The summed E-state index contributed by atoms with van der Waals surface area (Å²) in [6.45, 7) is 2.54. The van der Waals surface area contributed by atoms with Crippen molar-refractivity contribution in [3.8, 4) is 5.75 Å². The molecule has 0 bridgehead atoms. The van der Waals surface area contributed by atoms with E-state index in [1.54, 1.807) is 23.3 Å². The Morgan fingerprint density at radius 1 is 1.43 bits per heavy atom. The predicted molar refractivity (Wildman–Crippen MR) is 84.6 cm³/mol. The highest BCUT2D eigenvalue weighted by Gasteiger charge is 2.11. The first-order valence-corrected chi connectivity index (χ1v) is 7.74. The number of hydrogen-bond acceptors (Lipinski definition) is 4. The molecule has 5 heteroatoms. The van der Waals surface area contributed by atoms with E-state index in [1.807, 2.05) is 43.6 Å². The topological polar surface area (TPSA) is 42.4 Å². The first kappa shape index (κ1) is 15.5. The molecular formula is C16H20N2O2S. The van der Waals surface area contributed by atoms with Gasteiger partial charge >= 0.3 is 0 Å². The standard InChI is InChI=1S/C16H20N2O2S/c1-12-17-14(11-21-12)10-18(2)16(19)8-7-13-5-4-6-15(9-13)20-3/h4-6,9,11H,7-8,10H2,1-3H3. The highest BCUT2D eigenvalue weighted by molar-refractivity contribution is 7.09. The number of aromatic nitrogens is 1. The van der Waals surface area contributed by atoms with Crippen molar-refractivity contribution in [3.05, 3.63) is 45.9 Å². The highest BCUT2D eigenvalue weighted by Crippen LogP contribution is 2.15. The average Bonchev–Trinajstić information content (AvgIpc) is 2.90. The second kappa shape index (κ2) is 7.22. The molecule has 0 N–H and O–H groups in total. The molecule has 0 aliphatic rings. The predicted octanol–water partition coefficient (Wildman–Crippen LogP) is 3.05. The van der Waals surface area contributed by atoms with E-state index in [4.69, 9.17) is 4.74 Å². The summed E-state index contributed by atoms with van der Waals surface area (Å²) in [5.41, 5.74) is 2.07. The van der Waals surface area contributed by atoms with Crippen molar-refractivity contribution in [2.75, 3.05) is 14.2 Å². The van der Waals surface area contributed by atoms with Gasteiger partial charge in [-0.05, 0) is 31.0 Å². The Kier molecular flexibility index (Phi) is 5.33. The number of ether oxygens (including phenoxy) is 1. The Hall–Kier alpha value is -1.88. The third-order valence-corrected chi connectivity index (χ3v) is 4.08. The number of rotatable bonds is 6. The molecule has 4 nitrogen and oxygen atoms in total. The number of hydrogen-bond donors (Lipinski definition) is 0. The van der Waals surface area contributed by atoms with E-state index in [9.17, 15) is 4.79 Å². The molecule has 0 atom stereocenters. The molecule has 0 radical (unpaired) electrons. The van der Waals surface area contributed by atoms with Gasteiger partial charge < -0.3 is 9.64 Å². The van der Waals surface area contributed by atoms with E-state index >= 15 is 0 Å². The molecule has 0 saturated carbocycles. The van der Waals surface area contributed by atoms with E-state index < -0.39 is 0 Å². The van der Waals surface area contributed by atoms with Crippen LogP contribution in [0.1, 0.15) is 22.7 Å². The number of aryl methyl sites for hydroxylation is 2. The molecule has 1 aromatic heterocycles. The lowest BCUT2D eigenvalue weighted by atomic mass is 10.1. The monoisotopic (exact) mass is 304 g/mol. The third-order valence-electron chi connectivity index (χ3n) is 3.25. The summed E-state index contributed by atoms with van der Waals surface area (Å²) in [5, 5.41) is 3.03. The molecule has 0 aliphatic carbocycles. The molecule has 0 spiro atoms. The molecule has 2 rings (SSSR count). The zero-order valence-electron chi connectivity index (χ0n) is 12.6. The molecule has 0 fully saturated rings. The van der Waals surface area contributed by atoms with Crippen LogP contribution in [-0.2, 0) is 17.8 Å². The number of amides is 1. The van der Waals surface area contributed by atoms with Gasteiger partial charge in [0.05, 0.1) is 24.4 Å². The van der Waals surface area contributed by atoms with Crippen LogP contribution >= 0.6 is 11.3 Å². The van der Waals surface area contributed by atoms with Crippen LogP contribution in [0.15, 0.2) is 29.6 Å². The minimum Gasteiger partial charge on any atom is -0.497 e. The zero-order chi connectivity index (χ0) is 15.2. The van der Waals surface area contributed by atoms with Gasteiger partial charge in [-0.3, -0.25) is 4.79 Å². The molecule has 2 aromatic rings. The summed E-state index contributed by atoms with van der Waals surface area (Å²) in [6, 6.07) is 7.83. The van der Waals surface area contributed by atoms with Crippen LogP contribution < -0.4 is 4.74 Å². The largest absolute Gasteiger partial charge is 0.497 e. The zero-order valence-corrected chi connectivity index (χ0v) is 13.4. The molecule has 21 heavy (non-hydrogen) atoms. The molecule has 1 heterocycles. The number of thiazole rings is 1. The van der Waals surface area contributed by atoms with E-state index in [0.29, 0.717) is 13.0 Å². The quantitative estimate of drug-likeness (QED) is 0.824. The lowest BCUT2D eigenvalue weighted by Gasteiger charge is -2.16. The first-order chi connectivity index (χ1) is 10.1. The van der Waals surface area contributed by atoms with Crippen molar-refractivity contribution in [1.29, 1.82) is 0 Å². The van der Waals surface area contributed by atoms with Gasteiger partial charge in [0, 0.05) is 18.8 Å². The fourth-order valence-electron chi connectivity index (χ4n) is 2.08. The van der Waals surface area contributed by atoms with Crippen molar-refractivity contribution >= 4 is 17.2 Å². The van der Waals surface area contributed by atoms with Crippen molar-refractivity contribution in [2.24, 2.45) is 0 Å². The second-order valence-corrected chi connectivity index (χ2v) is 6.02. The second-order valence-electron chi connectivity index (χ2n) is 4.96. The normalized spacial score (nSPS) is 10.4. The van der Waals surface area contributed by atoms with Crippen molar-refractivity contribution in [2.45, 2.75) is 26.3 Å². The Balaban J connectivity index is 1.85. The van der Waals surface area contributed by atoms with Gasteiger partial charge in [-0.2, -0.15) is 0 Å². The van der Waals surface area contributed by atoms with Gasteiger partial charge in [-0.25, -0.2) is 4.98 Å². The average molecular weight is 304 g/mol. The van der Waals surface area contributed by atoms with E-state index in [-0.39, 0.29) is 5.91 Å². The molecule has 1 aromatic carbocycles. The van der Waals surface area contributed by atoms with Gasteiger partial charge in [-0.1, -0.05) is 12.1 Å². The Morgan fingerprint density at radius 2 is 2.24 bits per heavy atom. The summed E-state index contributed by atoms with van der Waals surface area (Å²) < 4.78 is 5.19. The minimum absolute atomic E-state index is 0.128. The molecule has 0 unspecified atom stereocenters.